The fourth-order valence-corrected chi connectivity index (χ4v) is 10.7. The number of likely N-dealkylation sites (tertiary alicyclic amines) is 1. The Hall–Kier alpha value is -5.58. The Labute approximate surface area is 353 Å². The summed E-state index contributed by atoms with van der Waals surface area (Å²) in [5, 5.41) is 16.0. The number of amides is 4. The summed E-state index contributed by atoms with van der Waals surface area (Å²) in [6.07, 6.45) is 2.61. The molecule has 4 aliphatic heterocycles. The number of nitrogens with zero attached hydrogens (tertiary/aromatic N) is 4. The Morgan fingerprint density at radius 3 is 2.35 bits per heavy atom. The number of benzene rings is 3. The molecule has 9 rings (SSSR count). The molecule has 60 heavy (non-hydrogen) atoms. The van der Waals surface area contributed by atoms with Crippen LogP contribution in [0, 0.1) is 28.1 Å². The highest BCUT2D eigenvalue weighted by atomic mass is 35.5. The molecule has 4 aromatic rings. The number of ether oxygens (including phenoxy) is 2. The zero-order chi connectivity index (χ0) is 42.1. The second kappa shape index (κ2) is 15.2. The largest absolute Gasteiger partial charge is 0.489 e. The van der Waals surface area contributed by atoms with Crippen molar-refractivity contribution >= 4 is 51.9 Å². The summed E-state index contributed by atoms with van der Waals surface area (Å²) in [5.74, 6) is 1.04. The van der Waals surface area contributed by atoms with E-state index in [1.54, 1.807) is 18.2 Å². The van der Waals surface area contributed by atoms with Crippen LogP contribution in [0.5, 0.6) is 11.5 Å². The van der Waals surface area contributed by atoms with E-state index < -0.39 is 11.9 Å². The summed E-state index contributed by atoms with van der Waals surface area (Å²) < 4.78 is 18.7. The number of carbonyl (C=O) groups excluding carboxylic acids is 4. The van der Waals surface area contributed by atoms with Crippen LogP contribution in [-0.2, 0) is 16.1 Å². The first-order valence-electron chi connectivity index (χ1n) is 20.8. The second-order valence-corrected chi connectivity index (χ2v) is 18.6. The van der Waals surface area contributed by atoms with Crippen molar-refractivity contribution < 1.29 is 33.1 Å². The third-order valence-corrected chi connectivity index (χ3v) is 13.7. The van der Waals surface area contributed by atoms with Gasteiger partial charge in [0, 0.05) is 90.3 Å². The van der Waals surface area contributed by atoms with Gasteiger partial charge in [-0.2, -0.15) is 5.26 Å². The van der Waals surface area contributed by atoms with Gasteiger partial charge in [0.05, 0.1) is 17.1 Å². The van der Waals surface area contributed by atoms with E-state index in [2.05, 4.69) is 60.3 Å². The van der Waals surface area contributed by atoms with E-state index in [4.69, 9.17) is 25.5 Å². The smallest absolute Gasteiger partial charge is 0.290 e. The number of hydrogen-bond acceptors (Lipinski definition) is 10. The molecule has 4 fully saturated rings. The molecule has 4 amide bonds. The van der Waals surface area contributed by atoms with Crippen molar-refractivity contribution in [3.05, 3.63) is 88.1 Å². The van der Waals surface area contributed by atoms with Gasteiger partial charge in [-0.15, -0.1) is 0 Å². The van der Waals surface area contributed by atoms with Gasteiger partial charge in [-0.3, -0.25) is 29.4 Å². The lowest BCUT2D eigenvalue weighted by atomic mass is 9.49. The molecule has 13 nitrogen and oxygen atoms in total. The minimum Gasteiger partial charge on any atom is -0.489 e. The van der Waals surface area contributed by atoms with Gasteiger partial charge in [-0.25, -0.2) is 0 Å². The lowest BCUT2D eigenvalue weighted by Crippen LogP contribution is -2.74. The topological polar surface area (TPSA) is 157 Å². The average molecular weight is 833 g/mol. The average Bonchev–Trinajstić information content (AvgIpc) is 3.73. The minimum absolute atomic E-state index is 0.105. The van der Waals surface area contributed by atoms with Crippen LogP contribution in [0.3, 0.4) is 0 Å². The Morgan fingerprint density at radius 2 is 1.67 bits per heavy atom. The van der Waals surface area contributed by atoms with Crippen molar-refractivity contribution in [2.45, 2.75) is 84.2 Å². The normalized spacial score (nSPS) is 24.0. The Bertz CT molecular complexity index is 2410. The summed E-state index contributed by atoms with van der Waals surface area (Å²) in [7, 11) is 0. The number of carbonyl (C=O) groups is 4. The predicted octanol–water partition coefficient (Wildman–Crippen LogP) is 6.31. The van der Waals surface area contributed by atoms with Gasteiger partial charge in [-0.05, 0) is 73.7 Å². The van der Waals surface area contributed by atoms with E-state index in [1.165, 1.54) is 4.90 Å². The zero-order valence-electron chi connectivity index (χ0n) is 34.3. The standard InChI is InChI=1S/C46H49ClN6O7/c1-45(2)43(46(3,4)44(45)59-31-11-7-28(21-48)35(47)20-31)50-40(55)27-5-9-30(10-6-27)58-32-23-51(24-32)22-26-15-17-52(18-16-26)29-8-12-33-34-25-53(36-13-14-38(54)49-41(36)56)42(57)39(34)60-37(33)19-29/h5-12,19-20,26,32,36,43-44H,13-18,22-25H2,1-4H3,(H,50,55)(H,49,54,56)/t36?,43-,44-. The van der Waals surface area contributed by atoms with E-state index in [9.17, 15) is 24.4 Å². The van der Waals surface area contributed by atoms with Crippen LogP contribution in [0.2, 0.25) is 5.02 Å². The van der Waals surface area contributed by atoms with Gasteiger partial charge in [0.15, 0.2) is 5.76 Å². The maximum atomic E-state index is 13.4. The van der Waals surface area contributed by atoms with Crippen LogP contribution in [0.25, 0.3) is 11.0 Å². The molecule has 312 valence electrons. The van der Waals surface area contributed by atoms with Gasteiger partial charge < -0.3 is 29.0 Å². The highest BCUT2D eigenvalue weighted by molar-refractivity contribution is 6.31. The first-order valence-corrected chi connectivity index (χ1v) is 21.2. The monoisotopic (exact) mass is 832 g/mol. The molecule has 1 aromatic heterocycles. The molecule has 1 saturated carbocycles. The number of hydrogen-bond donors (Lipinski definition) is 2. The predicted molar refractivity (Wildman–Crippen MR) is 224 cm³/mol. The fourth-order valence-electron chi connectivity index (χ4n) is 10.4. The Kier molecular flexibility index (Phi) is 10.1. The van der Waals surface area contributed by atoms with Crippen molar-refractivity contribution in [3.63, 3.8) is 0 Å². The molecule has 14 heteroatoms. The summed E-state index contributed by atoms with van der Waals surface area (Å²) in [6.45, 7) is 13.3. The summed E-state index contributed by atoms with van der Waals surface area (Å²) in [4.78, 5) is 57.0. The van der Waals surface area contributed by atoms with Crippen LogP contribution < -0.4 is 25.0 Å². The SMILES string of the molecule is CC1(C)[C@H](NC(=O)c2ccc(OC3CN(CC4CCN(c5ccc6c7c(oc6c5)C(=O)N(C5CCC(=O)NC5=O)C7)CC4)C3)cc2)C(C)(C)[C@H]1Oc1ccc(C#N)c(Cl)c1. The molecular formula is C46H49ClN6O7. The number of piperidine rings is 2. The molecule has 1 atom stereocenters. The van der Waals surface area contributed by atoms with Gasteiger partial charge >= 0.3 is 0 Å². The number of halogens is 1. The van der Waals surface area contributed by atoms with E-state index >= 15 is 0 Å². The molecule has 2 N–H and O–H groups in total. The quantitative estimate of drug-likeness (QED) is 0.174. The highest BCUT2D eigenvalue weighted by Crippen LogP contribution is 2.55. The molecule has 1 unspecified atom stereocenters. The van der Waals surface area contributed by atoms with Crippen LogP contribution in [0.1, 0.15) is 85.4 Å². The number of furan rings is 1. The number of nitrogens with one attached hydrogen (secondary N) is 2. The fraction of sp³-hybridized carbons (Fsp3) is 0.457. The number of imide groups is 1. The number of anilines is 1. The van der Waals surface area contributed by atoms with Gasteiger partial charge in [-0.1, -0.05) is 39.3 Å². The van der Waals surface area contributed by atoms with E-state index in [0.29, 0.717) is 46.4 Å². The van der Waals surface area contributed by atoms with Crippen LogP contribution in [-0.4, -0.2) is 90.4 Å². The molecule has 0 radical (unpaired) electrons. The number of fused-ring (bicyclic) bond motifs is 3. The number of nitriles is 1. The van der Waals surface area contributed by atoms with Crippen molar-refractivity contribution in [3.8, 4) is 17.6 Å². The maximum absolute atomic E-state index is 13.4. The van der Waals surface area contributed by atoms with Crippen molar-refractivity contribution in [1.29, 1.82) is 5.26 Å². The van der Waals surface area contributed by atoms with Crippen molar-refractivity contribution in [2.75, 3.05) is 37.6 Å². The van der Waals surface area contributed by atoms with Crippen molar-refractivity contribution in [1.82, 2.24) is 20.4 Å². The van der Waals surface area contributed by atoms with Crippen LogP contribution in [0.15, 0.2) is 65.1 Å². The first kappa shape index (κ1) is 39.9. The van der Waals surface area contributed by atoms with E-state index in [1.807, 2.05) is 36.4 Å². The minimum atomic E-state index is -0.664. The molecule has 0 bridgehead atoms. The van der Waals surface area contributed by atoms with Gasteiger partial charge in [0.1, 0.15) is 41.4 Å². The molecular weight excluding hydrogens is 784 g/mol. The van der Waals surface area contributed by atoms with Crippen molar-refractivity contribution in [2.24, 2.45) is 16.7 Å². The zero-order valence-corrected chi connectivity index (χ0v) is 35.0. The summed E-state index contributed by atoms with van der Waals surface area (Å²) in [5.41, 5.74) is 2.80. The molecule has 3 saturated heterocycles. The number of rotatable bonds is 10. The molecule has 5 heterocycles. The van der Waals surface area contributed by atoms with Crippen LogP contribution >= 0.6 is 11.6 Å². The Morgan fingerprint density at radius 1 is 0.950 bits per heavy atom. The van der Waals surface area contributed by atoms with Crippen LogP contribution in [0.4, 0.5) is 5.69 Å². The summed E-state index contributed by atoms with van der Waals surface area (Å²) in [6, 6.07) is 19.8. The molecule has 5 aliphatic rings. The molecule has 0 spiro atoms. The van der Waals surface area contributed by atoms with E-state index in [0.717, 1.165) is 68.0 Å². The second-order valence-electron chi connectivity index (χ2n) is 18.2. The first-order chi connectivity index (χ1) is 28.7. The van der Waals surface area contributed by atoms with Gasteiger partial charge in [0.2, 0.25) is 11.8 Å². The Balaban J connectivity index is 0.712. The maximum Gasteiger partial charge on any atom is 0.290 e. The molecule has 1 aliphatic carbocycles. The third kappa shape index (κ3) is 7.13. The summed E-state index contributed by atoms with van der Waals surface area (Å²) >= 11 is 6.24. The lowest BCUT2D eigenvalue weighted by Gasteiger charge is -2.63. The molecule has 3 aromatic carbocycles. The van der Waals surface area contributed by atoms with E-state index in [-0.39, 0.29) is 59.0 Å². The third-order valence-electron chi connectivity index (χ3n) is 13.4. The highest BCUT2D eigenvalue weighted by Gasteiger charge is 2.64. The van der Waals surface area contributed by atoms with Gasteiger partial charge in [0.25, 0.3) is 11.8 Å². The lowest BCUT2D eigenvalue weighted by molar-refractivity contribution is -0.164.